The summed E-state index contributed by atoms with van der Waals surface area (Å²) in [7, 11) is 0. The molecule has 0 unspecified atom stereocenters. The number of carboxylic acids is 1. The van der Waals surface area contributed by atoms with Crippen molar-refractivity contribution >= 4 is 11.9 Å². The van der Waals surface area contributed by atoms with E-state index in [-0.39, 0.29) is 19.1 Å². The molecule has 6 heteroatoms. The smallest absolute Gasteiger partial charge is 0.329 e. The largest absolute Gasteiger partial charge is 0.480 e. The quantitative estimate of drug-likeness (QED) is 0.520. The van der Waals surface area contributed by atoms with E-state index in [0.29, 0.717) is 26.2 Å². The molecule has 0 aromatic carbocycles. The Kier molecular flexibility index (Phi) is 9.64. The van der Waals surface area contributed by atoms with Gasteiger partial charge in [-0.2, -0.15) is 0 Å². The van der Waals surface area contributed by atoms with Crippen molar-refractivity contribution in [3.8, 4) is 0 Å². The summed E-state index contributed by atoms with van der Waals surface area (Å²) >= 11 is 0. The van der Waals surface area contributed by atoms with E-state index in [2.05, 4.69) is 5.32 Å². The van der Waals surface area contributed by atoms with Crippen LogP contribution in [0, 0.1) is 0 Å². The summed E-state index contributed by atoms with van der Waals surface area (Å²) in [6.07, 6.45) is 1.25. The molecule has 2 N–H and O–H groups in total. The minimum absolute atomic E-state index is 0.116. The first-order chi connectivity index (χ1) is 7.66. The van der Waals surface area contributed by atoms with Crippen molar-refractivity contribution in [2.75, 3.05) is 33.0 Å². The fourth-order valence-electron chi connectivity index (χ4n) is 0.922. The summed E-state index contributed by atoms with van der Waals surface area (Å²) in [4.78, 5) is 21.2. The Morgan fingerprint density at radius 2 is 1.94 bits per heavy atom. The van der Waals surface area contributed by atoms with Crippen molar-refractivity contribution in [2.24, 2.45) is 0 Å². The van der Waals surface area contributed by atoms with Crippen LogP contribution in [0.25, 0.3) is 0 Å². The number of aliphatic carboxylic acids is 1. The first kappa shape index (κ1) is 14.9. The van der Waals surface area contributed by atoms with Crippen LogP contribution in [-0.4, -0.2) is 50.0 Å². The lowest BCUT2D eigenvalue weighted by molar-refractivity contribution is -0.142. The molecule has 0 atom stereocenters. The molecule has 0 radical (unpaired) electrons. The number of hydrogen-bond acceptors (Lipinski definition) is 4. The summed E-state index contributed by atoms with van der Waals surface area (Å²) in [5.41, 5.74) is 0. The Morgan fingerprint density at radius 1 is 1.19 bits per heavy atom. The van der Waals surface area contributed by atoms with Crippen molar-refractivity contribution < 1.29 is 24.2 Å². The average Bonchev–Trinajstić information content (AvgIpc) is 2.23. The first-order valence-corrected chi connectivity index (χ1v) is 5.30. The molecule has 0 spiro atoms. The highest BCUT2D eigenvalue weighted by atomic mass is 16.5. The van der Waals surface area contributed by atoms with E-state index in [1.807, 2.05) is 6.92 Å². The van der Waals surface area contributed by atoms with Crippen LogP contribution in [0.15, 0.2) is 0 Å². The van der Waals surface area contributed by atoms with E-state index in [9.17, 15) is 9.59 Å². The highest BCUT2D eigenvalue weighted by Gasteiger charge is 2.00. The Bertz CT molecular complexity index is 207. The normalized spacial score (nSPS) is 10.1. The first-order valence-electron chi connectivity index (χ1n) is 5.30. The molecule has 0 aliphatic carbocycles. The molecular formula is C10H19NO5. The molecule has 0 rings (SSSR count). The number of carboxylic acid groups (broad SMARTS) is 1. The second-order valence-electron chi connectivity index (χ2n) is 3.16. The molecule has 0 saturated carbocycles. The Hall–Kier alpha value is -1.14. The lowest BCUT2D eigenvalue weighted by atomic mass is 10.4. The van der Waals surface area contributed by atoms with Gasteiger partial charge in [-0.05, 0) is 6.42 Å². The SMILES string of the molecule is CCCOCCC(=O)NCCOCC(=O)O. The van der Waals surface area contributed by atoms with Crippen LogP contribution >= 0.6 is 0 Å². The van der Waals surface area contributed by atoms with Gasteiger partial charge in [-0.25, -0.2) is 4.79 Å². The van der Waals surface area contributed by atoms with Gasteiger partial charge in [-0.1, -0.05) is 6.92 Å². The molecule has 1 amide bonds. The van der Waals surface area contributed by atoms with Gasteiger partial charge in [0.2, 0.25) is 5.91 Å². The van der Waals surface area contributed by atoms with Crippen molar-refractivity contribution in [3.05, 3.63) is 0 Å². The van der Waals surface area contributed by atoms with Crippen LogP contribution in [0.4, 0.5) is 0 Å². The molecule has 0 heterocycles. The third-order valence-electron chi connectivity index (χ3n) is 1.62. The van der Waals surface area contributed by atoms with Gasteiger partial charge < -0.3 is 19.9 Å². The molecule has 0 saturated heterocycles. The minimum atomic E-state index is -1.01. The molecule has 0 aliphatic heterocycles. The standard InChI is InChI=1S/C10H19NO5/c1-2-5-15-6-3-9(12)11-4-7-16-8-10(13)14/h2-8H2,1H3,(H,11,12)(H,13,14). The number of carbonyl (C=O) groups is 2. The monoisotopic (exact) mass is 233 g/mol. The summed E-state index contributed by atoms with van der Waals surface area (Å²) < 4.78 is 9.89. The fraction of sp³-hybridized carbons (Fsp3) is 0.800. The van der Waals surface area contributed by atoms with Crippen molar-refractivity contribution in [3.63, 3.8) is 0 Å². The van der Waals surface area contributed by atoms with Crippen molar-refractivity contribution in [1.29, 1.82) is 0 Å². The van der Waals surface area contributed by atoms with Crippen molar-refractivity contribution in [1.82, 2.24) is 5.32 Å². The number of hydrogen-bond donors (Lipinski definition) is 2. The number of amides is 1. The molecule has 94 valence electrons. The van der Waals surface area contributed by atoms with Gasteiger partial charge in [0.1, 0.15) is 6.61 Å². The third kappa shape index (κ3) is 10.9. The zero-order valence-electron chi connectivity index (χ0n) is 9.53. The lowest BCUT2D eigenvalue weighted by Gasteiger charge is -2.05. The van der Waals surface area contributed by atoms with Gasteiger partial charge in [0.25, 0.3) is 0 Å². The Morgan fingerprint density at radius 3 is 2.56 bits per heavy atom. The lowest BCUT2D eigenvalue weighted by Crippen LogP contribution is -2.28. The van der Waals surface area contributed by atoms with Gasteiger partial charge in [-0.3, -0.25) is 4.79 Å². The Labute approximate surface area is 94.9 Å². The van der Waals surface area contributed by atoms with E-state index >= 15 is 0 Å². The van der Waals surface area contributed by atoms with Gasteiger partial charge >= 0.3 is 5.97 Å². The van der Waals surface area contributed by atoms with E-state index in [4.69, 9.17) is 14.6 Å². The second kappa shape index (κ2) is 10.4. The highest BCUT2D eigenvalue weighted by molar-refractivity contribution is 5.75. The maximum atomic E-state index is 11.1. The molecule has 0 aliphatic rings. The summed E-state index contributed by atoms with van der Waals surface area (Å²) in [6, 6.07) is 0. The van der Waals surface area contributed by atoms with Crippen LogP contribution < -0.4 is 5.32 Å². The van der Waals surface area contributed by atoms with Gasteiger partial charge in [-0.15, -0.1) is 0 Å². The van der Waals surface area contributed by atoms with Gasteiger partial charge in [0.15, 0.2) is 0 Å². The minimum Gasteiger partial charge on any atom is -0.480 e. The molecule has 0 bridgehead atoms. The zero-order chi connectivity index (χ0) is 12.2. The average molecular weight is 233 g/mol. The van der Waals surface area contributed by atoms with E-state index in [1.165, 1.54) is 0 Å². The predicted molar refractivity (Wildman–Crippen MR) is 57.2 cm³/mol. The number of ether oxygens (including phenoxy) is 2. The summed E-state index contributed by atoms with van der Waals surface area (Å²) in [5, 5.41) is 10.9. The Balaban J connectivity index is 3.20. The summed E-state index contributed by atoms with van der Waals surface area (Å²) in [6.45, 7) is 3.26. The van der Waals surface area contributed by atoms with Gasteiger partial charge in [0.05, 0.1) is 13.2 Å². The van der Waals surface area contributed by atoms with Crippen LogP contribution in [0.2, 0.25) is 0 Å². The van der Waals surface area contributed by atoms with Crippen molar-refractivity contribution in [2.45, 2.75) is 19.8 Å². The highest BCUT2D eigenvalue weighted by Crippen LogP contribution is 1.85. The maximum Gasteiger partial charge on any atom is 0.329 e. The zero-order valence-corrected chi connectivity index (χ0v) is 9.53. The predicted octanol–water partition coefficient (Wildman–Crippen LogP) is 0.0205. The molecular weight excluding hydrogens is 214 g/mol. The van der Waals surface area contributed by atoms with E-state index < -0.39 is 5.97 Å². The molecule has 6 nitrogen and oxygen atoms in total. The van der Waals surface area contributed by atoms with Crippen LogP contribution in [0.3, 0.4) is 0 Å². The van der Waals surface area contributed by atoms with E-state index in [0.717, 1.165) is 6.42 Å². The third-order valence-corrected chi connectivity index (χ3v) is 1.62. The van der Waals surface area contributed by atoms with E-state index in [1.54, 1.807) is 0 Å². The number of carbonyl (C=O) groups excluding carboxylic acids is 1. The summed E-state index contributed by atoms with van der Waals surface area (Å²) in [5.74, 6) is -1.13. The number of rotatable bonds is 10. The number of nitrogens with one attached hydrogen (secondary N) is 1. The van der Waals surface area contributed by atoms with Crippen LogP contribution in [0.5, 0.6) is 0 Å². The second-order valence-corrected chi connectivity index (χ2v) is 3.16. The maximum absolute atomic E-state index is 11.1. The van der Waals surface area contributed by atoms with Crippen LogP contribution in [0.1, 0.15) is 19.8 Å². The van der Waals surface area contributed by atoms with Crippen LogP contribution in [-0.2, 0) is 19.1 Å². The van der Waals surface area contributed by atoms with Gasteiger partial charge in [0, 0.05) is 19.6 Å². The fourth-order valence-corrected chi connectivity index (χ4v) is 0.922. The topological polar surface area (TPSA) is 84.9 Å². The molecule has 0 aromatic rings. The molecule has 0 aromatic heterocycles. The molecule has 0 fully saturated rings. The molecule has 16 heavy (non-hydrogen) atoms.